The van der Waals surface area contributed by atoms with E-state index in [0.29, 0.717) is 11.4 Å². The van der Waals surface area contributed by atoms with E-state index >= 15 is 0 Å². The van der Waals surface area contributed by atoms with Crippen molar-refractivity contribution < 1.29 is 4.39 Å². The highest BCUT2D eigenvalue weighted by molar-refractivity contribution is 5.91. The molecule has 0 amide bonds. The number of hydrogen-bond acceptors (Lipinski definition) is 2. The summed E-state index contributed by atoms with van der Waals surface area (Å²) in [5.41, 5.74) is 6.01. The predicted octanol–water partition coefficient (Wildman–Crippen LogP) is 4.71. The molecule has 3 aromatic rings. The fraction of sp³-hybridized carbons (Fsp3) is 0.381. The van der Waals surface area contributed by atoms with Crippen molar-refractivity contribution in [1.29, 1.82) is 0 Å². The molecule has 1 saturated heterocycles. The number of halogens is 1. The lowest BCUT2D eigenvalue weighted by Crippen LogP contribution is -2.26. The molecule has 2 aromatic heterocycles. The van der Waals surface area contributed by atoms with Crippen LogP contribution in [0.4, 0.5) is 4.39 Å². The van der Waals surface area contributed by atoms with Gasteiger partial charge in [0, 0.05) is 28.5 Å². The van der Waals surface area contributed by atoms with E-state index in [2.05, 4.69) is 34.3 Å². The van der Waals surface area contributed by atoms with Crippen LogP contribution in [-0.2, 0) is 6.42 Å². The molecule has 2 N–H and O–H groups in total. The fourth-order valence-corrected chi connectivity index (χ4v) is 4.03. The second kappa shape index (κ2) is 6.60. The maximum absolute atomic E-state index is 14.9. The Morgan fingerprint density at radius 3 is 2.72 bits per heavy atom. The van der Waals surface area contributed by atoms with E-state index in [0.717, 1.165) is 60.3 Å². The van der Waals surface area contributed by atoms with Crippen LogP contribution in [0.15, 0.2) is 30.5 Å². The van der Waals surface area contributed by atoms with Gasteiger partial charge in [-0.3, -0.25) is 4.98 Å². The lowest BCUT2D eigenvalue weighted by molar-refractivity contribution is 0.459. The summed E-state index contributed by atoms with van der Waals surface area (Å²) in [6, 6.07) is 7.98. The van der Waals surface area contributed by atoms with Gasteiger partial charge in [0.2, 0.25) is 0 Å². The first-order chi connectivity index (χ1) is 12.2. The van der Waals surface area contributed by atoms with Crippen molar-refractivity contribution in [2.75, 3.05) is 13.1 Å². The molecule has 4 rings (SSSR count). The van der Waals surface area contributed by atoms with Gasteiger partial charge in [0.1, 0.15) is 5.82 Å². The molecule has 1 fully saturated rings. The minimum atomic E-state index is -0.141. The van der Waals surface area contributed by atoms with Crippen LogP contribution in [0.1, 0.15) is 42.5 Å². The first-order valence-corrected chi connectivity index (χ1v) is 9.15. The van der Waals surface area contributed by atoms with E-state index in [1.165, 1.54) is 5.56 Å². The van der Waals surface area contributed by atoms with E-state index in [1.807, 2.05) is 19.2 Å². The molecule has 0 radical (unpaired) electrons. The van der Waals surface area contributed by atoms with Gasteiger partial charge in [0.15, 0.2) is 0 Å². The van der Waals surface area contributed by atoms with E-state index in [-0.39, 0.29) is 5.82 Å². The highest BCUT2D eigenvalue weighted by Crippen LogP contribution is 2.36. The average Bonchev–Trinajstić information content (AvgIpc) is 3.01. The van der Waals surface area contributed by atoms with Gasteiger partial charge in [0.05, 0.1) is 5.52 Å². The van der Waals surface area contributed by atoms with E-state index in [9.17, 15) is 4.39 Å². The second-order valence-corrected chi connectivity index (χ2v) is 6.97. The number of aryl methyl sites for hydroxylation is 2. The molecule has 3 heterocycles. The number of nitrogens with one attached hydrogen (secondary N) is 2. The molecule has 0 atom stereocenters. The Bertz CT molecular complexity index is 907. The monoisotopic (exact) mass is 337 g/mol. The Hall–Kier alpha value is -2.20. The number of benzene rings is 1. The van der Waals surface area contributed by atoms with Crippen molar-refractivity contribution in [1.82, 2.24) is 15.3 Å². The molecule has 0 bridgehead atoms. The van der Waals surface area contributed by atoms with Crippen LogP contribution in [0.5, 0.6) is 0 Å². The number of H-pyrrole nitrogens is 1. The van der Waals surface area contributed by atoms with Crippen LogP contribution in [0.3, 0.4) is 0 Å². The Morgan fingerprint density at radius 1 is 1.20 bits per heavy atom. The molecular formula is C21H24FN3. The van der Waals surface area contributed by atoms with Gasteiger partial charge in [-0.05, 0) is 80.6 Å². The van der Waals surface area contributed by atoms with Gasteiger partial charge in [-0.15, -0.1) is 0 Å². The first-order valence-electron chi connectivity index (χ1n) is 9.15. The summed E-state index contributed by atoms with van der Waals surface area (Å²) in [5.74, 6) is 0.309. The zero-order valence-corrected chi connectivity index (χ0v) is 14.8. The molecule has 3 nitrogen and oxygen atoms in total. The number of aromatic nitrogens is 2. The average molecular weight is 337 g/mol. The minimum Gasteiger partial charge on any atom is -0.352 e. The number of nitrogens with zero attached hydrogens (tertiary/aromatic N) is 1. The van der Waals surface area contributed by atoms with Crippen LogP contribution in [0.25, 0.3) is 22.2 Å². The summed E-state index contributed by atoms with van der Waals surface area (Å²) in [7, 11) is 0. The summed E-state index contributed by atoms with van der Waals surface area (Å²) in [4.78, 5) is 7.62. The molecule has 0 aliphatic carbocycles. The lowest BCUT2D eigenvalue weighted by Gasteiger charge is -2.23. The van der Waals surface area contributed by atoms with Crippen molar-refractivity contribution >= 4 is 10.9 Å². The maximum Gasteiger partial charge on any atom is 0.147 e. The van der Waals surface area contributed by atoms with E-state index in [1.54, 1.807) is 6.07 Å². The number of piperidine rings is 1. The molecule has 1 aromatic carbocycles. The molecule has 130 valence electrons. The molecule has 1 aliphatic heterocycles. The quantitative estimate of drug-likeness (QED) is 0.727. The van der Waals surface area contributed by atoms with Gasteiger partial charge < -0.3 is 10.3 Å². The molecular weight excluding hydrogens is 313 g/mol. The van der Waals surface area contributed by atoms with E-state index in [4.69, 9.17) is 0 Å². The molecule has 0 saturated carbocycles. The number of pyridine rings is 1. The van der Waals surface area contributed by atoms with Crippen molar-refractivity contribution in [3.63, 3.8) is 0 Å². The Kier molecular flexibility index (Phi) is 4.30. The third-order valence-electron chi connectivity index (χ3n) is 5.34. The van der Waals surface area contributed by atoms with Gasteiger partial charge in [-0.1, -0.05) is 6.92 Å². The topological polar surface area (TPSA) is 40.7 Å². The van der Waals surface area contributed by atoms with E-state index < -0.39 is 0 Å². The van der Waals surface area contributed by atoms with Crippen molar-refractivity contribution in [3.05, 3.63) is 53.1 Å². The van der Waals surface area contributed by atoms with Gasteiger partial charge in [-0.25, -0.2) is 4.39 Å². The lowest BCUT2D eigenvalue weighted by atomic mass is 9.89. The zero-order valence-electron chi connectivity index (χ0n) is 14.8. The zero-order chi connectivity index (χ0) is 17.4. The number of aromatic amines is 1. The van der Waals surface area contributed by atoms with Crippen molar-refractivity contribution in [2.45, 2.75) is 39.0 Å². The molecule has 0 unspecified atom stereocenters. The molecule has 4 heteroatoms. The smallest absolute Gasteiger partial charge is 0.147 e. The molecule has 1 aliphatic rings. The SMILES string of the molecule is CCc1c(-c2ccnc(C)c2)[nH]c2c(F)cc(C3CCNCC3)cc12. The van der Waals surface area contributed by atoms with Crippen LogP contribution < -0.4 is 5.32 Å². The van der Waals surface area contributed by atoms with Crippen molar-refractivity contribution in [2.24, 2.45) is 0 Å². The fourth-order valence-electron chi connectivity index (χ4n) is 4.03. The largest absolute Gasteiger partial charge is 0.352 e. The van der Waals surface area contributed by atoms with Gasteiger partial charge in [0.25, 0.3) is 0 Å². The third-order valence-corrected chi connectivity index (χ3v) is 5.34. The Labute approximate surface area is 147 Å². The minimum absolute atomic E-state index is 0.141. The highest BCUT2D eigenvalue weighted by atomic mass is 19.1. The Morgan fingerprint density at radius 2 is 2.00 bits per heavy atom. The van der Waals surface area contributed by atoms with Gasteiger partial charge in [-0.2, -0.15) is 0 Å². The number of fused-ring (bicyclic) bond motifs is 1. The summed E-state index contributed by atoms with van der Waals surface area (Å²) in [6.45, 7) is 6.14. The van der Waals surface area contributed by atoms with Crippen molar-refractivity contribution in [3.8, 4) is 11.3 Å². The summed E-state index contributed by atoms with van der Waals surface area (Å²) >= 11 is 0. The highest BCUT2D eigenvalue weighted by Gasteiger charge is 2.20. The Balaban J connectivity index is 1.87. The summed E-state index contributed by atoms with van der Waals surface area (Å²) in [5, 5.41) is 4.41. The van der Waals surface area contributed by atoms with Crippen LogP contribution in [0, 0.1) is 12.7 Å². The number of hydrogen-bond donors (Lipinski definition) is 2. The molecule has 0 spiro atoms. The van der Waals surface area contributed by atoms with Gasteiger partial charge >= 0.3 is 0 Å². The summed E-state index contributed by atoms with van der Waals surface area (Å²) in [6.07, 6.45) is 4.83. The molecule has 25 heavy (non-hydrogen) atoms. The summed E-state index contributed by atoms with van der Waals surface area (Å²) < 4.78 is 14.9. The maximum atomic E-state index is 14.9. The number of rotatable bonds is 3. The van der Waals surface area contributed by atoms with Crippen LogP contribution >= 0.6 is 0 Å². The normalized spacial score (nSPS) is 15.8. The third kappa shape index (κ3) is 2.95. The first kappa shape index (κ1) is 16.3. The predicted molar refractivity (Wildman–Crippen MR) is 100 cm³/mol. The van der Waals surface area contributed by atoms with Crippen LogP contribution in [0.2, 0.25) is 0 Å². The second-order valence-electron chi connectivity index (χ2n) is 6.97. The standard InChI is InChI=1S/C21H24FN3/c1-3-17-18-11-16(14-4-7-23-8-5-14)12-19(22)21(18)25-20(17)15-6-9-24-13(2)10-15/h6,9-12,14,23,25H,3-5,7-8H2,1-2H3. The van der Waals surface area contributed by atoms with Crippen LogP contribution in [-0.4, -0.2) is 23.1 Å².